The average Bonchev–Trinajstić information content (AvgIpc) is 2.97. The predicted octanol–water partition coefficient (Wildman–Crippen LogP) is 4.12. The number of carbonyl (C=O) groups is 2. The Balaban J connectivity index is 1.92. The Morgan fingerprint density at radius 3 is 2.53 bits per heavy atom. The summed E-state index contributed by atoms with van der Waals surface area (Å²) in [6.45, 7) is 5.09. The summed E-state index contributed by atoms with van der Waals surface area (Å²) in [7, 11) is 0. The maximum atomic E-state index is 12.9. The molecule has 1 aromatic heterocycles. The van der Waals surface area contributed by atoms with Crippen LogP contribution in [0.15, 0.2) is 30.3 Å². The van der Waals surface area contributed by atoms with Crippen LogP contribution in [0.25, 0.3) is 0 Å². The van der Waals surface area contributed by atoms with Gasteiger partial charge in [0.15, 0.2) is 0 Å². The molecule has 1 unspecified atom stereocenters. The Hall–Kier alpha value is -2.65. The second-order valence-corrected chi connectivity index (χ2v) is 7.99. The van der Waals surface area contributed by atoms with Crippen LogP contribution in [0.2, 0.25) is 5.02 Å². The van der Waals surface area contributed by atoms with Crippen molar-refractivity contribution in [3.8, 4) is 0 Å². The van der Waals surface area contributed by atoms with E-state index in [0.717, 1.165) is 6.07 Å². The lowest BCUT2D eigenvalue weighted by Crippen LogP contribution is -2.47. The SMILES string of the molecule is CC(N1Cc2cccc(NC(=O)c3nc(C(F)(F)F)ccc3Cl)c2C1=O)C(C)(C)O. The molecule has 6 nitrogen and oxygen atoms in total. The molecule has 2 amide bonds. The summed E-state index contributed by atoms with van der Waals surface area (Å²) in [5, 5.41) is 12.4. The number of fused-ring (bicyclic) bond motifs is 1. The van der Waals surface area contributed by atoms with Gasteiger partial charge in [-0.3, -0.25) is 9.59 Å². The number of rotatable bonds is 4. The molecule has 0 bridgehead atoms. The summed E-state index contributed by atoms with van der Waals surface area (Å²) in [4.78, 5) is 30.4. The van der Waals surface area contributed by atoms with E-state index >= 15 is 0 Å². The molecule has 0 saturated carbocycles. The van der Waals surface area contributed by atoms with Crippen molar-refractivity contribution in [2.24, 2.45) is 0 Å². The van der Waals surface area contributed by atoms with Crippen LogP contribution in [0.4, 0.5) is 18.9 Å². The van der Waals surface area contributed by atoms with E-state index in [1.54, 1.807) is 32.9 Å². The number of carbonyl (C=O) groups excluding carboxylic acids is 2. The Kier molecular flexibility index (Phi) is 5.55. The number of aliphatic hydroxyl groups is 1. The number of benzene rings is 1. The van der Waals surface area contributed by atoms with Gasteiger partial charge in [0.1, 0.15) is 11.4 Å². The number of nitrogens with zero attached hydrogens (tertiary/aromatic N) is 2. The van der Waals surface area contributed by atoms with Crippen LogP contribution in [0.5, 0.6) is 0 Å². The summed E-state index contributed by atoms with van der Waals surface area (Å²) in [5.41, 5.74) is -2.05. The van der Waals surface area contributed by atoms with E-state index in [1.807, 2.05) is 0 Å². The fourth-order valence-corrected chi connectivity index (χ4v) is 3.31. The smallest absolute Gasteiger partial charge is 0.388 e. The Labute approximate surface area is 175 Å². The van der Waals surface area contributed by atoms with Crippen LogP contribution in [-0.4, -0.2) is 38.4 Å². The minimum Gasteiger partial charge on any atom is -0.388 e. The first kappa shape index (κ1) is 22.0. The van der Waals surface area contributed by atoms with Crippen molar-refractivity contribution in [3.05, 3.63) is 57.9 Å². The highest BCUT2D eigenvalue weighted by molar-refractivity contribution is 6.34. The Bertz CT molecular complexity index is 1020. The monoisotopic (exact) mass is 441 g/mol. The second kappa shape index (κ2) is 7.55. The highest BCUT2D eigenvalue weighted by Gasteiger charge is 2.39. The lowest BCUT2D eigenvalue weighted by Gasteiger charge is -2.33. The molecule has 10 heteroatoms. The van der Waals surface area contributed by atoms with E-state index in [0.29, 0.717) is 11.6 Å². The molecule has 0 spiro atoms. The summed E-state index contributed by atoms with van der Waals surface area (Å²) in [6, 6.07) is 5.89. The number of amides is 2. The number of nitrogens with one attached hydrogen (secondary N) is 1. The third-order valence-corrected chi connectivity index (χ3v) is 5.36. The van der Waals surface area contributed by atoms with Gasteiger partial charge >= 0.3 is 6.18 Å². The molecular weight excluding hydrogens is 423 g/mol. The number of hydrogen-bond acceptors (Lipinski definition) is 4. The fourth-order valence-electron chi connectivity index (χ4n) is 3.12. The molecule has 1 aromatic carbocycles. The van der Waals surface area contributed by atoms with Gasteiger partial charge in [0, 0.05) is 6.54 Å². The molecule has 0 radical (unpaired) electrons. The number of aromatic nitrogens is 1. The lowest BCUT2D eigenvalue weighted by molar-refractivity contribution is -0.141. The van der Waals surface area contributed by atoms with Crippen LogP contribution in [-0.2, 0) is 12.7 Å². The molecule has 1 atom stereocenters. The van der Waals surface area contributed by atoms with E-state index < -0.39 is 41.0 Å². The van der Waals surface area contributed by atoms with E-state index in [1.165, 1.54) is 11.0 Å². The van der Waals surface area contributed by atoms with Crippen molar-refractivity contribution in [3.63, 3.8) is 0 Å². The van der Waals surface area contributed by atoms with Crippen molar-refractivity contribution in [2.45, 2.75) is 45.1 Å². The predicted molar refractivity (Wildman–Crippen MR) is 104 cm³/mol. The van der Waals surface area contributed by atoms with Crippen LogP contribution in [0.3, 0.4) is 0 Å². The van der Waals surface area contributed by atoms with Crippen LogP contribution >= 0.6 is 11.6 Å². The zero-order valence-electron chi connectivity index (χ0n) is 16.3. The molecule has 2 heterocycles. The van der Waals surface area contributed by atoms with Crippen LogP contribution in [0.1, 0.15) is 52.9 Å². The zero-order chi connectivity index (χ0) is 22.4. The van der Waals surface area contributed by atoms with Gasteiger partial charge in [-0.25, -0.2) is 4.98 Å². The van der Waals surface area contributed by atoms with Crippen LogP contribution in [0, 0.1) is 0 Å². The highest BCUT2D eigenvalue weighted by atomic mass is 35.5. The van der Waals surface area contributed by atoms with Gasteiger partial charge in [-0.2, -0.15) is 13.2 Å². The molecule has 2 aromatic rings. The van der Waals surface area contributed by atoms with Crippen molar-refractivity contribution >= 4 is 29.1 Å². The largest absolute Gasteiger partial charge is 0.433 e. The number of anilines is 1. The Morgan fingerprint density at radius 2 is 1.93 bits per heavy atom. The van der Waals surface area contributed by atoms with Crippen molar-refractivity contribution in [1.29, 1.82) is 0 Å². The highest BCUT2D eigenvalue weighted by Crippen LogP contribution is 2.34. The number of halogens is 4. The van der Waals surface area contributed by atoms with E-state index in [-0.39, 0.29) is 22.8 Å². The third kappa shape index (κ3) is 4.13. The molecule has 0 fully saturated rings. The first-order valence-corrected chi connectivity index (χ1v) is 9.39. The first-order valence-electron chi connectivity index (χ1n) is 9.01. The Morgan fingerprint density at radius 1 is 1.27 bits per heavy atom. The van der Waals surface area contributed by atoms with Crippen molar-refractivity contribution in [2.75, 3.05) is 5.32 Å². The van der Waals surface area contributed by atoms with Crippen LogP contribution < -0.4 is 5.32 Å². The normalized spacial score (nSPS) is 15.2. The first-order chi connectivity index (χ1) is 13.8. The number of hydrogen-bond donors (Lipinski definition) is 2. The molecule has 160 valence electrons. The maximum absolute atomic E-state index is 12.9. The molecule has 2 N–H and O–H groups in total. The summed E-state index contributed by atoms with van der Waals surface area (Å²) < 4.78 is 38.8. The number of alkyl halides is 3. The molecule has 1 aliphatic rings. The standard InChI is InChI=1S/C20H19ClF3N3O3/c1-10(19(2,3)30)27-9-11-5-4-6-13(15(11)18(27)29)25-17(28)16-12(21)7-8-14(26-16)20(22,23)24/h4-8,10,30H,9H2,1-3H3,(H,25,28). The van der Waals surface area contributed by atoms with Crippen molar-refractivity contribution in [1.82, 2.24) is 9.88 Å². The van der Waals surface area contributed by atoms with Gasteiger partial charge in [0.05, 0.1) is 27.9 Å². The van der Waals surface area contributed by atoms with E-state index in [9.17, 15) is 27.9 Å². The number of pyridine rings is 1. The summed E-state index contributed by atoms with van der Waals surface area (Å²) in [6.07, 6.45) is -4.74. The van der Waals surface area contributed by atoms with Gasteiger partial charge in [-0.05, 0) is 44.5 Å². The minimum atomic E-state index is -4.74. The lowest BCUT2D eigenvalue weighted by atomic mass is 9.99. The summed E-state index contributed by atoms with van der Waals surface area (Å²) in [5.74, 6) is -1.38. The topological polar surface area (TPSA) is 82.5 Å². The maximum Gasteiger partial charge on any atom is 0.433 e. The minimum absolute atomic E-state index is 0.128. The molecule has 0 aliphatic carbocycles. The van der Waals surface area contributed by atoms with Gasteiger partial charge in [-0.15, -0.1) is 0 Å². The average molecular weight is 442 g/mol. The molecular formula is C20H19ClF3N3O3. The molecule has 0 saturated heterocycles. The summed E-state index contributed by atoms with van der Waals surface area (Å²) >= 11 is 5.87. The van der Waals surface area contributed by atoms with Gasteiger partial charge in [-0.1, -0.05) is 23.7 Å². The zero-order valence-corrected chi connectivity index (χ0v) is 17.1. The van der Waals surface area contributed by atoms with Gasteiger partial charge in [0.25, 0.3) is 11.8 Å². The third-order valence-electron chi connectivity index (χ3n) is 5.06. The molecule has 3 rings (SSSR count). The van der Waals surface area contributed by atoms with E-state index in [2.05, 4.69) is 10.3 Å². The quantitative estimate of drug-likeness (QED) is 0.747. The van der Waals surface area contributed by atoms with Gasteiger partial charge in [0.2, 0.25) is 0 Å². The van der Waals surface area contributed by atoms with Crippen molar-refractivity contribution < 1.29 is 27.9 Å². The second-order valence-electron chi connectivity index (χ2n) is 7.58. The molecule has 1 aliphatic heterocycles. The fraction of sp³-hybridized carbons (Fsp3) is 0.350. The van der Waals surface area contributed by atoms with E-state index in [4.69, 9.17) is 11.6 Å². The molecule has 30 heavy (non-hydrogen) atoms. The van der Waals surface area contributed by atoms with Gasteiger partial charge < -0.3 is 15.3 Å².